The Morgan fingerprint density at radius 1 is 1.32 bits per heavy atom. The summed E-state index contributed by atoms with van der Waals surface area (Å²) in [5, 5.41) is 12.4. The van der Waals surface area contributed by atoms with Crippen LogP contribution in [0, 0.1) is 5.82 Å². The average molecular weight is 275 g/mol. The molecule has 0 aliphatic rings. The van der Waals surface area contributed by atoms with Crippen molar-refractivity contribution in [3.05, 3.63) is 47.9 Å². The molecule has 0 spiro atoms. The largest absolute Gasteiger partial charge is 0.505 e. The van der Waals surface area contributed by atoms with Crippen molar-refractivity contribution in [3.8, 4) is 5.75 Å². The predicted molar refractivity (Wildman–Crippen MR) is 72.8 cm³/mol. The maximum atomic E-state index is 12.9. The number of benzene rings is 1. The third-order valence-electron chi connectivity index (χ3n) is 2.70. The molecule has 3 aromatic rings. The minimum atomic E-state index is -0.621. The molecular formula is C13H10FN3OS. The van der Waals surface area contributed by atoms with Crippen molar-refractivity contribution in [3.63, 3.8) is 0 Å². The Morgan fingerprint density at radius 3 is 3.05 bits per heavy atom. The van der Waals surface area contributed by atoms with E-state index in [0.29, 0.717) is 12.4 Å². The van der Waals surface area contributed by atoms with Gasteiger partial charge < -0.3 is 10.4 Å². The lowest BCUT2D eigenvalue weighted by Gasteiger charge is -2.04. The summed E-state index contributed by atoms with van der Waals surface area (Å²) in [6, 6.07) is 8.06. The van der Waals surface area contributed by atoms with E-state index in [1.54, 1.807) is 12.3 Å². The topological polar surface area (TPSA) is 58.0 Å². The fraction of sp³-hybridized carbons (Fsp3) is 0.0769. The molecule has 0 bridgehead atoms. The van der Waals surface area contributed by atoms with Crippen LogP contribution in [0.3, 0.4) is 0 Å². The number of aromatic nitrogens is 2. The molecule has 0 fully saturated rings. The molecule has 2 aromatic heterocycles. The lowest BCUT2D eigenvalue weighted by molar-refractivity contribution is 0.431. The third kappa shape index (κ3) is 2.34. The number of fused-ring (bicyclic) bond motifs is 1. The van der Waals surface area contributed by atoms with Gasteiger partial charge in [0.25, 0.3) is 0 Å². The van der Waals surface area contributed by atoms with Gasteiger partial charge in [-0.25, -0.2) is 4.39 Å². The Kier molecular flexibility index (Phi) is 3.00. The first-order chi connectivity index (χ1) is 9.24. The summed E-state index contributed by atoms with van der Waals surface area (Å²) in [6.07, 6.45) is 1.71. The van der Waals surface area contributed by atoms with Crippen molar-refractivity contribution >= 4 is 27.6 Å². The molecule has 19 heavy (non-hydrogen) atoms. The van der Waals surface area contributed by atoms with Crippen LogP contribution in [0.4, 0.5) is 10.2 Å². The second-order valence-corrected chi connectivity index (χ2v) is 4.83. The van der Waals surface area contributed by atoms with Gasteiger partial charge in [0.15, 0.2) is 17.4 Å². The van der Waals surface area contributed by atoms with Gasteiger partial charge in [-0.1, -0.05) is 6.07 Å². The summed E-state index contributed by atoms with van der Waals surface area (Å²) in [5.74, 6) is -0.269. The molecule has 3 rings (SSSR count). The number of nitrogens with zero attached hydrogens (tertiary/aromatic N) is 2. The van der Waals surface area contributed by atoms with E-state index in [0.717, 1.165) is 15.8 Å². The number of rotatable bonds is 3. The summed E-state index contributed by atoms with van der Waals surface area (Å²) < 4.78 is 18.2. The minimum Gasteiger partial charge on any atom is -0.505 e. The maximum Gasteiger partial charge on any atom is 0.166 e. The Morgan fingerprint density at radius 2 is 2.21 bits per heavy atom. The maximum absolute atomic E-state index is 12.9. The third-order valence-corrected chi connectivity index (χ3v) is 3.50. The van der Waals surface area contributed by atoms with E-state index in [-0.39, 0.29) is 5.75 Å². The first-order valence-corrected chi connectivity index (χ1v) is 6.43. The molecule has 0 amide bonds. The highest BCUT2D eigenvalue weighted by Gasteiger charge is 2.07. The standard InChI is InChI=1S/C13H10FN3OS/c14-9-4-3-8(6-10(9)18)7-16-13-12-11(19-17-13)2-1-5-15-12/h1-6,18H,7H2,(H,16,17). The molecular weight excluding hydrogens is 265 g/mol. The zero-order valence-electron chi connectivity index (χ0n) is 9.80. The van der Waals surface area contributed by atoms with E-state index in [1.807, 2.05) is 12.1 Å². The van der Waals surface area contributed by atoms with Crippen LogP contribution in [0.15, 0.2) is 36.5 Å². The van der Waals surface area contributed by atoms with Crippen molar-refractivity contribution in [2.45, 2.75) is 6.54 Å². The van der Waals surface area contributed by atoms with E-state index >= 15 is 0 Å². The highest BCUT2D eigenvalue weighted by atomic mass is 32.1. The van der Waals surface area contributed by atoms with Crippen LogP contribution >= 0.6 is 11.5 Å². The predicted octanol–water partition coefficient (Wildman–Crippen LogP) is 3.15. The fourth-order valence-electron chi connectivity index (χ4n) is 1.75. The fourth-order valence-corrected chi connectivity index (χ4v) is 2.47. The van der Waals surface area contributed by atoms with E-state index in [1.165, 1.54) is 23.7 Å². The summed E-state index contributed by atoms with van der Waals surface area (Å²) in [6.45, 7) is 0.448. The van der Waals surface area contributed by atoms with E-state index in [9.17, 15) is 9.50 Å². The van der Waals surface area contributed by atoms with Crippen LogP contribution in [0.5, 0.6) is 5.75 Å². The van der Waals surface area contributed by atoms with Gasteiger partial charge in [-0.05, 0) is 41.4 Å². The van der Waals surface area contributed by atoms with Gasteiger partial charge in [0.1, 0.15) is 5.52 Å². The van der Waals surface area contributed by atoms with Gasteiger partial charge in [-0.3, -0.25) is 4.98 Å². The number of phenolic OH excluding ortho intramolecular Hbond substituents is 1. The molecule has 96 valence electrons. The van der Waals surface area contributed by atoms with Crippen LogP contribution < -0.4 is 5.32 Å². The SMILES string of the molecule is Oc1cc(CNc2nsc3cccnc23)ccc1F. The number of hydrogen-bond acceptors (Lipinski definition) is 5. The van der Waals surface area contributed by atoms with E-state index in [4.69, 9.17) is 0 Å². The Labute approximate surface area is 112 Å². The number of nitrogens with one attached hydrogen (secondary N) is 1. The molecule has 0 radical (unpaired) electrons. The zero-order valence-corrected chi connectivity index (χ0v) is 10.6. The highest BCUT2D eigenvalue weighted by Crippen LogP contribution is 2.25. The molecule has 6 heteroatoms. The number of hydrogen-bond donors (Lipinski definition) is 2. The smallest absolute Gasteiger partial charge is 0.166 e. The van der Waals surface area contributed by atoms with Crippen LogP contribution in [0.2, 0.25) is 0 Å². The van der Waals surface area contributed by atoms with Crippen LogP contribution in [-0.2, 0) is 6.54 Å². The van der Waals surface area contributed by atoms with Gasteiger partial charge in [0.2, 0.25) is 0 Å². The highest BCUT2D eigenvalue weighted by molar-refractivity contribution is 7.13. The van der Waals surface area contributed by atoms with Gasteiger partial charge in [0, 0.05) is 12.7 Å². The normalized spacial score (nSPS) is 10.8. The Bertz CT molecular complexity index is 729. The first kappa shape index (κ1) is 11.9. The van der Waals surface area contributed by atoms with Gasteiger partial charge >= 0.3 is 0 Å². The molecule has 2 N–H and O–H groups in total. The quantitative estimate of drug-likeness (QED) is 0.771. The zero-order chi connectivity index (χ0) is 13.2. The van der Waals surface area contributed by atoms with Gasteiger partial charge in [-0.15, -0.1) is 0 Å². The van der Waals surface area contributed by atoms with Crippen molar-refractivity contribution in [1.82, 2.24) is 9.36 Å². The second-order valence-electron chi connectivity index (χ2n) is 4.02. The summed E-state index contributed by atoms with van der Waals surface area (Å²) in [4.78, 5) is 4.26. The molecule has 0 aliphatic carbocycles. The number of aromatic hydroxyl groups is 1. The summed E-state index contributed by atoms with van der Waals surface area (Å²) in [7, 11) is 0. The van der Waals surface area contributed by atoms with E-state index in [2.05, 4.69) is 14.7 Å². The van der Waals surface area contributed by atoms with Crippen LogP contribution in [0.1, 0.15) is 5.56 Å². The van der Waals surface area contributed by atoms with Crippen molar-refractivity contribution in [2.24, 2.45) is 0 Å². The monoisotopic (exact) mass is 275 g/mol. The molecule has 0 saturated heterocycles. The van der Waals surface area contributed by atoms with E-state index < -0.39 is 5.82 Å². The number of pyridine rings is 1. The molecule has 0 atom stereocenters. The lowest BCUT2D eigenvalue weighted by atomic mass is 10.2. The van der Waals surface area contributed by atoms with Crippen molar-refractivity contribution < 1.29 is 9.50 Å². The minimum absolute atomic E-state index is 0.347. The Hall–Kier alpha value is -2.21. The molecule has 0 aliphatic heterocycles. The molecule has 4 nitrogen and oxygen atoms in total. The number of phenols is 1. The van der Waals surface area contributed by atoms with Crippen LogP contribution in [-0.4, -0.2) is 14.5 Å². The molecule has 0 unspecified atom stereocenters. The average Bonchev–Trinajstić information content (AvgIpc) is 2.83. The lowest BCUT2D eigenvalue weighted by Crippen LogP contribution is -2.00. The van der Waals surface area contributed by atoms with Crippen molar-refractivity contribution in [2.75, 3.05) is 5.32 Å². The Balaban J connectivity index is 1.80. The van der Waals surface area contributed by atoms with Crippen molar-refractivity contribution in [1.29, 1.82) is 0 Å². The molecule has 2 heterocycles. The van der Waals surface area contributed by atoms with Gasteiger partial charge in [0.05, 0.1) is 4.70 Å². The molecule has 0 saturated carbocycles. The first-order valence-electron chi connectivity index (χ1n) is 5.66. The molecule has 1 aromatic carbocycles. The summed E-state index contributed by atoms with van der Waals surface area (Å²) in [5.41, 5.74) is 1.59. The second kappa shape index (κ2) is 4.81. The summed E-state index contributed by atoms with van der Waals surface area (Å²) >= 11 is 1.37. The number of halogens is 1. The van der Waals surface area contributed by atoms with Crippen LogP contribution in [0.25, 0.3) is 10.2 Å². The number of anilines is 1. The van der Waals surface area contributed by atoms with Gasteiger partial charge in [-0.2, -0.15) is 4.37 Å².